The van der Waals surface area contributed by atoms with Gasteiger partial charge in [0.25, 0.3) is 0 Å². The lowest BCUT2D eigenvalue weighted by Crippen LogP contribution is -2.61. The molecular formula is C23H29FN8O3. The number of carbonyl (C=O) groups is 1. The number of carbonyl (C=O) groups excluding carboxylic acids is 1. The molecule has 2 aromatic rings. The molecule has 0 saturated carbocycles. The van der Waals surface area contributed by atoms with E-state index in [1.54, 1.807) is 32.5 Å². The number of methoxy groups -OCH3 is 2. The number of hydrazine groups is 1. The Kier molecular flexibility index (Phi) is 6.75. The van der Waals surface area contributed by atoms with Gasteiger partial charge >= 0.3 is 0 Å². The van der Waals surface area contributed by atoms with Crippen LogP contribution >= 0.6 is 0 Å². The molecule has 1 amide bonds. The van der Waals surface area contributed by atoms with E-state index in [1.165, 1.54) is 18.2 Å². The molecule has 11 nitrogen and oxygen atoms in total. The van der Waals surface area contributed by atoms with Crippen LogP contribution in [-0.4, -0.2) is 60.5 Å². The number of halogens is 1. The van der Waals surface area contributed by atoms with Gasteiger partial charge in [0.1, 0.15) is 23.2 Å². The number of piperidine rings is 1. The lowest BCUT2D eigenvalue weighted by Gasteiger charge is -2.39. The second-order valence-corrected chi connectivity index (χ2v) is 8.98. The molecule has 1 aromatic carbocycles. The highest BCUT2D eigenvalue weighted by molar-refractivity contribution is 5.82. The van der Waals surface area contributed by atoms with Gasteiger partial charge in [0.15, 0.2) is 17.3 Å². The summed E-state index contributed by atoms with van der Waals surface area (Å²) >= 11 is 0. The molecule has 2 aliphatic heterocycles. The van der Waals surface area contributed by atoms with Crippen molar-refractivity contribution >= 4 is 17.4 Å². The maximum Gasteiger partial charge on any atom is 0.244 e. The van der Waals surface area contributed by atoms with Crippen LogP contribution < -0.4 is 26.1 Å². The maximum absolute atomic E-state index is 14.3. The van der Waals surface area contributed by atoms with E-state index in [1.807, 2.05) is 13.8 Å². The third-order valence-electron chi connectivity index (χ3n) is 6.40. The van der Waals surface area contributed by atoms with Gasteiger partial charge in [0.05, 0.1) is 37.2 Å². The highest BCUT2D eigenvalue weighted by atomic mass is 19.1. The molecule has 2 saturated heterocycles. The van der Waals surface area contributed by atoms with E-state index >= 15 is 0 Å². The lowest BCUT2D eigenvalue weighted by molar-refractivity contribution is -0.131. The largest absolute Gasteiger partial charge is 0.492 e. The molecule has 12 heteroatoms. The van der Waals surface area contributed by atoms with Crippen molar-refractivity contribution in [2.75, 3.05) is 31.9 Å². The number of ether oxygens (including phenoxy) is 2. The molecule has 0 radical (unpaired) electrons. The minimum absolute atomic E-state index is 0.0831. The van der Waals surface area contributed by atoms with Gasteiger partial charge in [-0.05, 0) is 26.0 Å². The minimum Gasteiger partial charge on any atom is -0.492 e. The molecule has 35 heavy (non-hydrogen) atoms. The van der Waals surface area contributed by atoms with Gasteiger partial charge in [0, 0.05) is 26.6 Å². The smallest absolute Gasteiger partial charge is 0.244 e. The summed E-state index contributed by atoms with van der Waals surface area (Å²) in [6.07, 6.45) is 1.26. The van der Waals surface area contributed by atoms with Crippen molar-refractivity contribution in [3.8, 4) is 11.8 Å². The van der Waals surface area contributed by atoms with Crippen LogP contribution in [0.4, 0.5) is 15.9 Å². The van der Waals surface area contributed by atoms with Crippen LogP contribution in [-0.2, 0) is 15.1 Å². The number of amides is 1. The first kappa shape index (κ1) is 24.6. The van der Waals surface area contributed by atoms with E-state index in [0.29, 0.717) is 23.6 Å². The van der Waals surface area contributed by atoms with Crippen molar-refractivity contribution in [1.29, 1.82) is 5.26 Å². The number of nitrogens with one attached hydrogen (secondary N) is 4. The molecule has 3 heterocycles. The SMILES string of the molecule is COc1c(F)cccc1NC1CC(Nc2cnc(C(C)(C)OC)c(C#N)n2)NC2NN(C)C(=O)C12. The third-order valence-corrected chi connectivity index (χ3v) is 6.40. The zero-order valence-corrected chi connectivity index (χ0v) is 20.2. The summed E-state index contributed by atoms with van der Waals surface area (Å²) in [4.78, 5) is 21.7. The highest BCUT2D eigenvalue weighted by Crippen LogP contribution is 2.33. The standard InChI is InChI=1S/C23H29FN8O3/c1-23(2,35-5)20-15(10-25)28-17(11-26-20)29-16-9-14(18-21(30-16)31-32(3)22(18)33)27-13-8-6-7-12(24)19(13)34-4/h6-8,11,14,16,18,21,27,30-31H,9H2,1-5H3,(H,28,29). The first-order chi connectivity index (χ1) is 16.7. The van der Waals surface area contributed by atoms with Crippen molar-refractivity contribution in [2.45, 2.75) is 44.2 Å². The fourth-order valence-electron chi connectivity index (χ4n) is 4.48. The number of aromatic nitrogens is 2. The van der Waals surface area contributed by atoms with E-state index in [-0.39, 0.29) is 35.7 Å². The number of nitriles is 1. The Balaban J connectivity index is 1.59. The number of hydrogen-bond acceptors (Lipinski definition) is 10. The summed E-state index contributed by atoms with van der Waals surface area (Å²) < 4.78 is 24.9. The van der Waals surface area contributed by atoms with E-state index in [2.05, 4.69) is 37.4 Å². The Morgan fingerprint density at radius 1 is 1.31 bits per heavy atom. The number of benzene rings is 1. The third kappa shape index (κ3) is 4.70. The molecule has 0 aliphatic carbocycles. The summed E-state index contributed by atoms with van der Waals surface area (Å²) in [6, 6.07) is 6.32. The van der Waals surface area contributed by atoms with Crippen LogP contribution in [0.15, 0.2) is 24.4 Å². The first-order valence-electron chi connectivity index (χ1n) is 11.2. The van der Waals surface area contributed by atoms with E-state index in [0.717, 1.165) is 0 Å². The monoisotopic (exact) mass is 484 g/mol. The van der Waals surface area contributed by atoms with Crippen LogP contribution in [0.25, 0.3) is 0 Å². The fraction of sp³-hybridized carbons (Fsp3) is 0.478. The molecule has 0 bridgehead atoms. The van der Waals surface area contributed by atoms with Gasteiger partial charge in [-0.2, -0.15) is 5.26 Å². The molecule has 4 unspecified atom stereocenters. The Labute approximate surface area is 203 Å². The maximum atomic E-state index is 14.3. The van der Waals surface area contributed by atoms with E-state index in [4.69, 9.17) is 9.47 Å². The number of nitrogens with zero attached hydrogens (tertiary/aromatic N) is 4. The highest BCUT2D eigenvalue weighted by Gasteiger charge is 2.48. The molecular weight excluding hydrogens is 455 g/mol. The van der Waals surface area contributed by atoms with Crippen molar-refractivity contribution in [2.24, 2.45) is 5.92 Å². The van der Waals surface area contributed by atoms with Gasteiger partial charge in [-0.1, -0.05) is 6.07 Å². The normalized spacial score (nSPS) is 24.0. The van der Waals surface area contributed by atoms with Crippen molar-refractivity contribution < 1.29 is 18.7 Å². The van der Waals surface area contributed by atoms with Gasteiger partial charge in [0.2, 0.25) is 5.91 Å². The van der Waals surface area contributed by atoms with Crippen molar-refractivity contribution in [1.82, 2.24) is 25.7 Å². The summed E-state index contributed by atoms with van der Waals surface area (Å²) in [6.45, 7) is 3.62. The summed E-state index contributed by atoms with van der Waals surface area (Å²) in [7, 11) is 4.60. The van der Waals surface area contributed by atoms with E-state index < -0.39 is 17.3 Å². The molecule has 2 aliphatic rings. The second kappa shape index (κ2) is 9.61. The Bertz CT molecular complexity index is 1150. The Morgan fingerprint density at radius 3 is 2.77 bits per heavy atom. The Morgan fingerprint density at radius 2 is 2.09 bits per heavy atom. The van der Waals surface area contributed by atoms with E-state index in [9.17, 15) is 14.4 Å². The van der Waals surface area contributed by atoms with Crippen LogP contribution in [0.2, 0.25) is 0 Å². The van der Waals surface area contributed by atoms with Crippen LogP contribution in [0, 0.1) is 23.1 Å². The van der Waals surface area contributed by atoms with Gasteiger partial charge in [-0.25, -0.2) is 14.8 Å². The van der Waals surface area contributed by atoms with Crippen molar-refractivity contribution in [3.63, 3.8) is 0 Å². The fourth-order valence-corrected chi connectivity index (χ4v) is 4.48. The van der Waals surface area contributed by atoms with Gasteiger partial charge < -0.3 is 20.1 Å². The van der Waals surface area contributed by atoms with Gasteiger partial charge in [-0.3, -0.25) is 20.1 Å². The topological polar surface area (TPSA) is 136 Å². The molecule has 2 fully saturated rings. The Hall–Kier alpha value is -3.53. The number of hydrogen-bond donors (Lipinski definition) is 4. The number of anilines is 2. The summed E-state index contributed by atoms with van der Waals surface area (Å²) in [5.74, 6) is -0.556. The number of para-hydroxylation sites is 1. The van der Waals surface area contributed by atoms with Crippen molar-refractivity contribution in [3.05, 3.63) is 41.6 Å². The summed E-state index contributed by atoms with van der Waals surface area (Å²) in [5.41, 5.74) is 3.39. The predicted molar refractivity (Wildman–Crippen MR) is 125 cm³/mol. The minimum atomic E-state index is -0.773. The molecule has 1 aromatic heterocycles. The zero-order valence-electron chi connectivity index (χ0n) is 20.2. The first-order valence-corrected chi connectivity index (χ1v) is 11.2. The average molecular weight is 485 g/mol. The molecule has 4 atom stereocenters. The van der Waals surface area contributed by atoms with Gasteiger partial charge in [-0.15, -0.1) is 0 Å². The predicted octanol–water partition coefficient (Wildman–Crippen LogP) is 1.51. The summed E-state index contributed by atoms with van der Waals surface area (Å²) in [5, 5.41) is 21.0. The van der Waals surface area contributed by atoms with Crippen LogP contribution in [0.3, 0.4) is 0 Å². The average Bonchev–Trinajstić information content (AvgIpc) is 3.12. The molecule has 0 spiro atoms. The number of fused-ring (bicyclic) bond motifs is 1. The molecule has 4 N–H and O–H groups in total. The second-order valence-electron chi connectivity index (χ2n) is 8.98. The quantitative estimate of drug-likeness (QED) is 0.458. The lowest BCUT2D eigenvalue weighted by atomic mass is 9.88. The molecule has 4 rings (SSSR count). The molecule has 186 valence electrons. The number of rotatable bonds is 7. The zero-order chi connectivity index (χ0) is 25.3. The van der Waals surface area contributed by atoms with Crippen LogP contribution in [0.1, 0.15) is 31.7 Å². The van der Waals surface area contributed by atoms with Crippen LogP contribution in [0.5, 0.6) is 5.75 Å².